The van der Waals surface area contributed by atoms with Crippen LogP contribution in [0.25, 0.3) is 0 Å². The number of amides is 1. The van der Waals surface area contributed by atoms with Gasteiger partial charge in [-0.25, -0.2) is 0 Å². The lowest BCUT2D eigenvalue weighted by atomic mass is 9.97. The molecule has 1 amide bonds. The first-order chi connectivity index (χ1) is 12.2. The van der Waals surface area contributed by atoms with E-state index in [2.05, 4.69) is 31.5 Å². The summed E-state index contributed by atoms with van der Waals surface area (Å²) in [7, 11) is 0. The summed E-state index contributed by atoms with van der Waals surface area (Å²) in [5.41, 5.74) is 2.09. The molecule has 1 aromatic carbocycles. The fourth-order valence-corrected chi connectivity index (χ4v) is 2.89. The summed E-state index contributed by atoms with van der Waals surface area (Å²) in [6, 6.07) is 13.3. The summed E-state index contributed by atoms with van der Waals surface area (Å²) in [6.45, 7) is 2.05. The highest BCUT2D eigenvalue weighted by atomic mass is 79.9. The van der Waals surface area contributed by atoms with Gasteiger partial charge in [0.05, 0.1) is 18.2 Å². The van der Waals surface area contributed by atoms with Gasteiger partial charge in [-0.2, -0.15) is 5.26 Å². The highest BCUT2D eigenvalue weighted by Crippen LogP contribution is 2.24. The molecule has 1 heterocycles. The number of halogens is 1. The van der Waals surface area contributed by atoms with Crippen LogP contribution in [0.15, 0.2) is 53.3 Å². The number of hydrogen-bond acceptors (Lipinski definition) is 4. The summed E-state index contributed by atoms with van der Waals surface area (Å²) in [6.07, 6.45) is 5.04. The molecule has 0 aliphatic carbocycles. The van der Waals surface area contributed by atoms with Crippen molar-refractivity contribution >= 4 is 21.8 Å². The van der Waals surface area contributed by atoms with Crippen LogP contribution in [0.3, 0.4) is 0 Å². The Labute approximate surface area is 156 Å². The number of aromatic nitrogens is 1. The van der Waals surface area contributed by atoms with Gasteiger partial charge in [0, 0.05) is 16.9 Å². The zero-order valence-corrected chi connectivity index (χ0v) is 15.7. The number of pyridine rings is 1. The molecule has 0 saturated carbocycles. The van der Waals surface area contributed by atoms with E-state index >= 15 is 0 Å². The molecule has 2 aromatic rings. The van der Waals surface area contributed by atoms with Crippen LogP contribution in [0.1, 0.15) is 36.9 Å². The molecule has 0 spiro atoms. The van der Waals surface area contributed by atoms with Gasteiger partial charge in [-0.05, 0) is 41.8 Å². The number of benzene rings is 1. The molecule has 1 aromatic heterocycles. The zero-order chi connectivity index (χ0) is 18.1. The Bertz CT molecular complexity index is 712. The lowest BCUT2D eigenvalue weighted by Crippen LogP contribution is -2.46. The number of nitrogens with zero attached hydrogens (tertiary/aromatic N) is 2. The van der Waals surface area contributed by atoms with E-state index in [-0.39, 0.29) is 24.5 Å². The van der Waals surface area contributed by atoms with Crippen LogP contribution in [-0.4, -0.2) is 23.5 Å². The van der Waals surface area contributed by atoms with E-state index in [1.165, 1.54) is 0 Å². The van der Waals surface area contributed by atoms with Gasteiger partial charge in [-0.15, -0.1) is 0 Å². The molecule has 6 heteroatoms. The smallest absolute Gasteiger partial charge is 0.237 e. The van der Waals surface area contributed by atoms with Crippen molar-refractivity contribution in [1.82, 2.24) is 15.6 Å². The first-order valence-electron chi connectivity index (χ1n) is 8.21. The normalized spacial score (nSPS) is 12.8. The first kappa shape index (κ1) is 19.1. The summed E-state index contributed by atoms with van der Waals surface area (Å²) < 4.78 is 1.00. The Morgan fingerprint density at radius 1 is 1.20 bits per heavy atom. The average molecular weight is 401 g/mol. The van der Waals surface area contributed by atoms with E-state index in [4.69, 9.17) is 5.26 Å². The molecular formula is C19H21BrN4O. The molecule has 0 radical (unpaired) electrons. The van der Waals surface area contributed by atoms with Crippen molar-refractivity contribution < 1.29 is 4.79 Å². The van der Waals surface area contributed by atoms with Crippen LogP contribution >= 0.6 is 15.9 Å². The number of nitriles is 1. The molecule has 25 heavy (non-hydrogen) atoms. The van der Waals surface area contributed by atoms with Crippen molar-refractivity contribution in [2.24, 2.45) is 0 Å². The number of nitrogens with one attached hydrogen (secondary N) is 2. The summed E-state index contributed by atoms with van der Waals surface area (Å²) in [5.74, 6) is -0.153. The van der Waals surface area contributed by atoms with Gasteiger partial charge in [-0.1, -0.05) is 41.4 Å². The van der Waals surface area contributed by atoms with E-state index in [1.807, 2.05) is 49.4 Å². The molecule has 0 fully saturated rings. The van der Waals surface area contributed by atoms with E-state index in [1.54, 1.807) is 12.4 Å². The van der Waals surface area contributed by atoms with Gasteiger partial charge in [0.25, 0.3) is 0 Å². The molecule has 2 unspecified atom stereocenters. The molecule has 0 aliphatic rings. The quantitative estimate of drug-likeness (QED) is 0.666. The predicted molar refractivity (Wildman–Crippen MR) is 101 cm³/mol. The van der Waals surface area contributed by atoms with Crippen LogP contribution in [-0.2, 0) is 4.79 Å². The summed E-state index contributed by atoms with van der Waals surface area (Å²) >= 11 is 3.45. The SMILES string of the molecule is CCCC(NC(c1ccncc1)c1ccc(Br)cc1)C(=O)NCC#N. The maximum Gasteiger partial charge on any atom is 0.237 e. The van der Waals surface area contributed by atoms with Gasteiger partial charge < -0.3 is 5.32 Å². The Morgan fingerprint density at radius 2 is 1.84 bits per heavy atom. The Balaban J connectivity index is 2.29. The van der Waals surface area contributed by atoms with Gasteiger partial charge in [0.1, 0.15) is 6.54 Å². The lowest BCUT2D eigenvalue weighted by molar-refractivity contribution is -0.123. The fourth-order valence-electron chi connectivity index (χ4n) is 2.63. The molecular weight excluding hydrogens is 380 g/mol. The van der Waals surface area contributed by atoms with Crippen LogP contribution in [0.2, 0.25) is 0 Å². The van der Waals surface area contributed by atoms with Crippen molar-refractivity contribution in [3.05, 3.63) is 64.4 Å². The molecule has 0 bridgehead atoms. The van der Waals surface area contributed by atoms with Crippen LogP contribution in [0.5, 0.6) is 0 Å². The van der Waals surface area contributed by atoms with Crippen LogP contribution in [0, 0.1) is 11.3 Å². The second kappa shape index (κ2) is 9.92. The van der Waals surface area contributed by atoms with Gasteiger partial charge in [-0.3, -0.25) is 15.1 Å². The highest BCUT2D eigenvalue weighted by Gasteiger charge is 2.23. The molecule has 0 aliphatic heterocycles. The molecule has 130 valence electrons. The fraction of sp³-hybridized carbons (Fsp3) is 0.316. The van der Waals surface area contributed by atoms with Crippen LogP contribution < -0.4 is 10.6 Å². The monoisotopic (exact) mass is 400 g/mol. The molecule has 2 N–H and O–H groups in total. The summed E-state index contributed by atoms with van der Waals surface area (Å²) in [4.78, 5) is 16.5. The molecule has 0 saturated heterocycles. The number of hydrogen-bond donors (Lipinski definition) is 2. The van der Waals surface area contributed by atoms with Gasteiger partial charge >= 0.3 is 0 Å². The second-order valence-electron chi connectivity index (χ2n) is 5.65. The van der Waals surface area contributed by atoms with Crippen molar-refractivity contribution in [3.63, 3.8) is 0 Å². The second-order valence-corrected chi connectivity index (χ2v) is 6.56. The molecule has 5 nitrogen and oxygen atoms in total. The van der Waals surface area contributed by atoms with E-state index in [0.717, 1.165) is 22.0 Å². The zero-order valence-electron chi connectivity index (χ0n) is 14.1. The van der Waals surface area contributed by atoms with Gasteiger partial charge in [0.15, 0.2) is 0 Å². The minimum absolute atomic E-state index is 0.0128. The number of carbonyl (C=O) groups is 1. The van der Waals surface area contributed by atoms with Crippen LogP contribution in [0.4, 0.5) is 0 Å². The highest BCUT2D eigenvalue weighted by molar-refractivity contribution is 9.10. The third kappa shape index (κ3) is 5.66. The predicted octanol–water partition coefficient (Wildman–Crippen LogP) is 3.33. The minimum atomic E-state index is -0.375. The molecule has 2 atom stereocenters. The Morgan fingerprint density at radius 3 is 2.44 bits per heavy atom. The van der Waals surface area contributed by atoms with E-state index in [9.17, 15) is 4.79 Å². The standard InChI is InChI=1S/C19H21BrN4O/c1-2-3-17(19(25)23-13-10-21)24-18(15-8-11-22-12-9-15)14-4-6-16(20)7-5-14/h4-9,11-12,17-18,24H,2-3,13H2,1H3,(H,23,25). The Hall–Kier alpha value is -2.23. The third-order valence-electron chi connectivity index (χ3n) is 3.85. The van der Waals surface area contributed by atoms with Crippen molar-refractivity contribution in [1.29, 1.82) is 5.26 Å². The largest absolute Gasteiger partial charge is 0.342 e. The minimum Gasteiger partial charge on any atom is -0.342 e. The van der Waals surface area contributed by atoms with E-state index < -0.39 is 0 Å². The Kier molecular flexibility index (Phi) is 7.58. The first-order valence-corrected chi connectivity index (χ1v) is 9.01. The third-order valence-corrected chi connectivity index (χ3v) is 4.37. The maximum atomic E-state index is 12.4. The van der Waals surface area contributed by atoms with Crippen molar-refractivity contribution in [2.75, 3.05) is 6.54 Å². The van der Waals surface area contributed by atoms with Crippen molar-refractivity contribution in [3.8, 4) is 6.07 Å². The lowest BCUT2D eigenvalue weighted by Gasteiger charge is -2.26. The number of carbonyl (C=O) groups excluding carboxylic acids is 1. The summed E-state index contributed by atoms with van der Waals surface area (Å²) in [5, 5.41) is 14.8. The molecule has 2 rings (SSSR count). The number of rotatable bonds is 8. The van der Waals surface area contributed by atoms with Gasteiger partial charge in [0.2, 0.25) is 5.91 Å². The van der Waals surface area contributed by atoms with Crippen molar-refractivity contribution in [2.45, 2.75) is 31.8 Å². The average Bonchev–Trinajstić information content (AvgIpc) is 2.65. The van der Waals surface area contributed by atoms with E-state index in [0.29, 0.717) is 6.42 Å². The maximum absolute atomic E-state index is 12.4. The topological polar surface area (TPSA) is 77.8 Å².